The first kappa shape index (κ1) is 26.1. The molecule has 37 heavy (non-hydrogen) atoms. The molecule has 1 heterocycles. The van der Waals surface area contributed by atoms with E-state index in [2.05, 4.69) is 12.1 Å². The van der Waals surface area contributed by atoms with Gasteiger partial charge in [0.25, 0.3) is 5.91 Å². The second-order valence-electron chi connectivity index (χ2n) is 10.2. The van der Waals surface area contributed by atoms with Gasteiger partial charge in [0, 0.05) is 30.1 Å². The van der Waals surface area contributed by atoms with E-state index in [0.717, 1.165) is 56.5 Å². The number of carboxylic acids is 1. The molecule has 6 heteroatoms. The summed E-state index contributed by atoms with van der Waals surface area (Å²) in [6.07, 6.45) is 0.666. The molecule has 0 spiro atoms. The number of benzene rings is 3. The van der Waals surface area contributed by atoms with Crippen molar-refractivity contribution in [3.8, 4) is 0 Å². The van der Waals surface area contributed by atoms with Crippen molar-refractivity contribution in [1.29, 1.82) is 0 Å². The van der Waals surface area contributed by atoms with Crippen LogP contribution in [0.4, 0.5) is 0 Å². The molecular formula is C31H34N2O4. The van der Waals surface area contributed by atoms with Crippen LogP contribution >= 0.6 is 0 Å². The highest BCUT2D eigenvalue weighted by Crippen LogP contribution is 2.34. The van der Waals surface area contributed by atoms with Crippen LogP contribution in [0.25, 0.3) is 0 Å². The number of amides is 2. The summed E-state index contributed by atoms with van der Waals surface area (Å²) in [6.45, 7) is 11.1. The number of primary amides is 1. The van der Waals surface area contributed by atoms with E-state index in [1.54, 1.807) is 18.2 Å². The summed E-state index contributed by atoms with van der Waals surface area (Å²) >= 11 is 0. The molecule has 0 aliphatic carbocycles. The third-order valence-electron chi connectivity index (χ3n) is 7.82. The van der Waals surface area contributed by atoms with Gasteiger partial charge in [-0.2, -0.15) is 0 Å². The van der Waals surface area contributed by atoms with Crippen molar-refractivity contribution in [3.05, 3.63) is 104 Å². The lowest BCUT2D eigenvalue weighted by molar-refractivity contribution is -0.137. The molecule has 3 aromatic rings. The molecule has 1 atom stereocenters. The fourth-order valence-electron chi connectivity index (χ4n) is 5.46. The number of nitrogens with zero attached hydrogens (tertiary/aromatic N) is 1. The third-order valence-corrected chi connectivity index (χ3v) is 7.82. The normalized spacial score (nSPS) is 13.7. The first-order valence-electron chi connectivity index (χ1n) is 12.6. The molecule has 6 nitrogen and oxygen atoms in total. The smallest absolute Gasteiger partial charge is 0.304 e. The van der Waals surface area contributed by atoms with Crippen molar-refractivity contribution < 1.29 is 19.5 Å². The Morgan fingerprint density at radius 1 is 0.892 bits per heavy atom. The average molecular weight is 499 g/mol. The summed E-state index contributed by atoms with van der Waals surface area (Å²) in [5.74, 6) is -1.77. The number of carboxylic acid groups (broad SMARTS) is 1. The molecule has 0 fully saturated rings. The number of aliphatic carboxylic acids is 1. The third kappa shape index (κ3) is 5.15. The number of fused-ring (bicyclic) bond motifs is 1. The van der Waals surface area contributed by atoms with Gasteiger partial charge in [-0.15, -0.1) is 0 Å². The Hall–Kier alpha value is -3.93. The Morgan fingerprint density at radius 3 is 2.16 bits per heavy atom. The Labute approximate surface area is 218 Å². The lowest BCUT2D eigenvalue weighted by Gasteiger charge is -2.31. The largest absolute Gasteiger partial charge is 0.481 e. The summed E-state index contributed by atoms with van der Waals surface area (Å²) in [6, 6.07) is 13.4. The molecule has 0 radical (unpaired) electrons. The maximum atomic E-state index is 13.7. The van der Waals surface area contributed by atoms with Gasteiger partial charge in [-0.1, -0.05) is 30.3 Å². The fourth-order valence-corrected chi connectivity index (χ4v) is 5.46. The molecule has 3 aromatic carbocycles. The highest BCUT2D eigenvalue weighted by molar-refractivity contribution is 5.98. The second-order valence-corrected chi connectivity index (χ2v) is 10.2. The van der Waals surface area contributed by atoms with E-state index in [0.29, 0.717) is 18.7 Å². The molecule has 0 saturated heterocycles. The van der Waals surface area contributed by atoms with Gasteiger partial charge in [0.15, 0.2) is 0 Å². The standard InChI is InChI=1S/C31H34N2O4/c1-17-12-18(2)21(5)29(20(17)4)31(37)33-11-10-22-6-7-23(14-25(22)16-33)27(15-28(34)35)26-9-8-24(30(32)36)13-19(26)3/h6-9,12-14,27H,10-11,15-16H2,1-5H3,(H2,32,36)(H,34,35). The minimum Gasteiger partial charge on any atom is -0.481 e. The van der Waals surface area contributed by atoms with E-state index in [9.17, 15) is 19.5 Å². The fraction of sp³-hybridized carbons (Fsp3) is 0.323. The zero-order valence-electron chi connectivity index (χ0n) is 22.1. The van der Waals surface area contributed by atoms with E-state index in [4.69, 9.17) is 5.73 Å². The Balaban J connectivity index is 1.69. The second kappa shape index (κ2) is 10.2. The molecule has 1 aliphatic heterocycles. The summed E-state index contributed by atoms with van der Waals surface area (Å²) in [4.78, 5) is 39.0. The number of hydrogen-bond acceptors (Lipinski definition) is 3. The molecule has 0 bridgehead atoms. The summed E-state index contributed by atoms with van der Waals surface area (Å²) < 4.78 is 0. The van der Waals surface area contributed by atoms with Crippen LogP contribution in [0.2, 0.25) is 0 Å². The molecule has 0 saturated carbocycles. The maximum absolute atomic E-state index is 13.7. The minimum atomic E-state index is -0.904. The predicted molar refractivity (Wildman–Crippen MR) is 144 cm³/mol. The van der Waals surface area contributed by atoms with E-state index >= 15 is 0 Å². The zero-order chi connectivity index (χ0) is 27.0. The van der Waals surface area contributed by atoms with Crippen LogP contribution in [0.5, 0.6) is 0 Å². The highest BCUT2D eigenvalue weighted by Gasteiger charge is 2.27. The Morgan fingerprint density at radius 2 is 1.57 bits per heavy atom. The van der Waals surface area contributed by atoms with Gasteiger partial charge in [-0.05, 0) is 103 Å². The lowest BCUT2D eigenvalue weighted by atomic mass is 9.83. The van der Waals surface area contributed by atoms with Crippen molar-refractivity contribution in [2.45, 2.75) is 59.9 Å². The number of carbonyl (C=O) groups is 3. The maximum Gasteiger partial charge on any atom is 0.304 e. The van der Waals surface area contributed by atoms with Crippen LogP contribution in [0.1, 0.15) is 83.1 Å². The van der Waals surface area contributed by atoms with Gasteiger partial charge in [0.05, 0.1) is 6.42 Å². The van der Waals surface area contributed by atoms with E-state index in [1.165, 1.54) is 5.56 Å². The SMILES string of the molecule is Cc1cc(C(N)=O)ccc1C(CC(=O)O)c1ccc2c(c1)CN(C(=O)c1c(C)c(C)cc(C)c1C)CC2. The highest BCUT2D eigenvalue weighted by atomic mass is 16.4. The zero-order valence-corrected chi connectivity index (χ0v) is 22.1. The van der Waals surface area contributed by atoms with Gasteiger partial charge in [-0.25, -0.2) is 0 Å². The monoisotopic (exact) mass is 498 g/mol. The molecule has 0 aromatic heterocycles. The van der Waals surface area contributed by atoms with Gasteiger partial charge in [-0.3, -0.25) is 14.4 Å². The number of rotatable bonds is 6. The van der Waals surface area contributed by atoms with Gasteiger partial charge >= 0.3 is 5.97 Å². The Kier molecular flexibility index (Phi) is 7.21. The molecular weight excluding hydrogens is 464 g/mol. The van der Waals surface area contributed by atoms with Crippen molar-refractivity contribution >= 4 is 17.8 Å². The molecule has 1 aliphatic rings. The summed E-state index contributed by atoms with van der Waals surface area (Å²) in [7, 11) is 0. The summed E-state index contributed by atoms with van der Waals surface area (Å²) in [5.41, 5.74) is 15.6. The van der Waals surface area contributed by atoms with E-state index in [1.807, 2.05) is 51.7 Å². The van der Waals surface area contributed by atoms with Crippen LogP contribution in [-0.4, -0.2) is 34.3 Å². The number of hydrogen-bond donors (Lipinski definition) is 2. The van der Waals surface area contributed by atoms with Crippen molar-refractivity contribution in [2.24, 2.45) is 5.73 Å². The molecule has 3 N–H and O–H groups in total. The van der Waals surface area contributed by atoms with Gasteiger partial charge < -0.3 is 15.7 Å². The average Bonchev–Trinajstić information content (AvgIpc) is 2.85. The number of aryl methyl sites for hydroxylation is 3. The lowest BCUT2D eigenvalue weighted by Crippen LogP contribution is -2.37. The number of nitrogens with two attached hydrogens (primary N) is 1. The topological polar surface area (TPSA) is 101 Å². The predicted octanol–water partition coefficient (Wildman–Crippen LogP) is 5.13. The first-order chi connectivity index (χ1) is 17.5. The van der Waals surface area contributed by atoms with Crippen LogP contribution < -0.4 is 5.73 Å². The van der Waals surface area contributed by atoms with Crippen molar-refractivity contribution in [3.63, 3.8) is 0 Å². The summed E-state index contributed by atoms with van der Waals surface area (Å²) in [5, 5.41) is 9.69. The van der Waals surface area contributed by atoms with E-state index < -0.39 is 11.9 Å². The van der Waals surface area contributed by atoms with Crippen LogP contribution in [0.3, 0.4) is 0 Å². The Bertz CT molecular complexity index is 1400. The molecule has 2 amide bonds. The van der Waals surface area contributed by atoms with Crippen LogP contribution in [0, 0.1) is 34.6 Å². The van der Waals surface area contributed by atoms with Crippen molar-refractivity contribution in [1.82, 2.24) is 4.90 Å². The van der Waals surface area contributed by atoms with Gasteiger partial charge in [0.1, 0.15) is 0 Å². The number of carbonyl (C=O) groups excluding carboxylic acids is 2. The minimum absolute atomic E-state index is 0.0397. The van der Waals surface area contributed by atoms with Crippen LogP contribution in [0.15, 0.2) is 42.5 Å². The first-order valence-corrected chi connectivity index (χ1v) is 12.6. The van der Waals surface area contributed by atoms with E-state index in [-0.39, 0.29) is 18.2 Å². The van der Waals surface area contributed by atoms with Crippen molar-refractivity contribution in [2.75, 3.05) is 6.54 Å². The molecule has 4 rings (SSSR count). The molecule has 192 valence electrons. The quantitative estimate of drug-likeness (QED) is 0.492. The van der Waals surface area contributed by atoms with Gasteiger partial charge in [0.2, 0.25) is 5.91 Å². The van der Waals surface area contributed by atoms with Crippen LogP contribution in [-0.2, 0) is 17.8 Å². The molecule has 1 unspecified atom stereocenters.